The van der Waals surface area contributed by atoms with Crippen LogP contribution in [0.3, 0.4) is 0 Å². The lowest BCUT2D eigenvalue weighted by Crippen LogP contribution is -1.99. The van der Waals surface area contributed by atoms with E-state index in [4.69, 9.17) is 0 Å². The highest BCUT2D eigenvalue weighted by atomic mass is 79.9. The summed E-state index contributed by atoms with van der Waals surface area (Å²) in [6.07, 6.45) is 2.49. The SMILES string of the molecule is O=C(CCC[C@H](Br)c1ccccc1)c1ccccc1. The van der Waals surface area contributed by atoms with E-state index in [-0.39, 0.29) is 5.78 Å². The van der Waals surface area contributed by atoms with Crippen LogP contribution in [0.25, 0.3) is 0 Å². The fourth-order valence-electron chi connectivity index (χ4n) is 2.04. The van der Waals surface area contributed by atoms with Crippen LogP contribution in [0.15, 0.2) is 60.7 Å². The molecule has 2 heteroatoms. The molecule has 0 spiro atoms. The Morgan fingerprint density at radius 3 is 2.16 bits per heavy atom. The van der Waals surface area contributed by atoms with E-state index in [1.54, 1.807) is 0 Å². The Labute approximate surface area is 122 Å². The fraction of sp³-hybridized carbons (Fsp3) is 0.235. The molecule has 0 bridgehead atoms. The van der Waals surface area contributed by atoms with E-state index in [0.717, 1.165) is 18.4 Å². The lowest BCUT2D eigenvalue weighted by molar-refractivity contribution is 0.0979. The van der Waals surface area contributed by atoms with Crippen LogP contribution >= 0.6 is 15.9 Å². The molecule has 19 heavy (non-hydrogen) atoms. The summed E-state index contributed by atoms with van der Waals surface area (Å²) in [5.74, 6) is 0.230. The van der Waals surface area contributed by atoms with Crippen molar-refractivity contribution in [1.29, 1.82) is 0 Å². The molecule has 0 unspecified atom stereocenters. The van der Waals surface area contributed by atoms with E-state index in [2.05, 4.69) is 28.1 Å². The van der Waals surface area contributed by atoms with Crippen LogP contribution in [0.2, 0.25) is 0 Å². The molecule has 0 aromatic heterocycles. The molecule has 0 heterocycles. The summed E-state index contributed by atoms with van der Waals surface area (Å²) in [6, 6.07) is 19.8. The number of rotatable bonds is 6. The van der Waals surface area contributed by atoms with Gasteiger partial charge in [-0.3, -0.25) is 4.79 Å². The van der Waals surface area contributed by atoms with Crippen LogP contribution in [-0.4, -0.2) is 5.78 Å². The number of halogens is 1. The number of ketones is 1. The second-order valence-corrected chi connectivity index (χ2v) is 5.66. The Bertz CT molecular complexity index is 507. The van der Waals surface area contributed by atoms with Gasteiger partial charge in [0.1, 0.15) is 0 Å². The van der Waals surface area contributed by atoms with Gasteiger partial charge in [-0.25, -0.2) is 0 Å². The third-order valence-electron chi connectivity index (χ3n) is 3.12. The first-order valence-corrected chi connectivity index (χ1v) is 7.46. The molecule has 0 fully saturated rings. The van der Waals surface area contributed by atoms with E-state index >= 15 is 0 Å². The van der Waals surface area contributed by atoms with Crippen LogP contribution in [-0.2, 0) is 0 Å². The first kappa shape index (κ1) is 14.0. The van der Waals surface area contributed by atoms with E-state index in [0.29, 0.717) is 11.2 Å². The molecule has 0 aliphatic heterocycles. The predicted molar refractivity (Wildman–Crippen MR) is 82.7 cm³/mol. The standard InChI is InChI=1S/C17H17BrO/c18-16(14-8-3-1-4-9-14)12-7-13-17(19)15-10-5-2-6-11-15/h1-6,8-11,16H,7,12-13H2/t16-/m0/s1. The number of carbonyl (C=O) groups excluding carboxylic acids is 1. The highest BCUT2D eigenvalue weighted by molar-refractivity contribution is 9.09. The van der Waals surface area contributed by atoms with Crippen molar-refractivity contribution in [3.63, 3.8) is 0 Å². The van der Waals surface area contributed by atoms with E-state index in [1.807, 2.05) is 48.5 Å². The molecular formula is C17H17BrO. The summed E-state index contributed by atoms with van der Waals surface area (Å²) < 4.78 is 0. The van der Waals surface area contributed by atoms with E-state index < -0.39 is 0 Å². The molecule has 98 valence electrons. The van der Waals surface area contributed by atoms with Crippen LogP contribution in [0.5, 0.6) is 0 Å². The Balaban J connectivity index is 1.79. The van der Waals surface area contributed by atoms with Crippen LogP contribution in [0.4, 0.5) is 0 Å². The van der Waals surface area contributed by atoms with Gasteiger partial charge in [-0.1, -0.05) is 76.6 Å². The first-order chi connectivity index (χ1) is 9.27. The summed E-state index contributed by atoms with van der Waals surface area (Å²) in [5.41, 5.74) is 2.09. The number of hydrogen-bond acceptors (Lipinski definition) is 1. The van der Waals surface area contributed by atoms with Crippen molar-refractivity contribution in [3.05, 3.63) is 71.8 Å². The topological polar surface area (TPSA) is 17.1 Å². The lowest BCUT2D eigenvalue weighted by atomic mass is 10.0. The number of Topliss-reactive ketones (excluding diaryl/α,β-unsaturated/α-hetero) is 1. The van der Waals surface area contributed by atoms with Gasteiger partial charge < -0.3 is 0 Å². The van der Waals surface area contributed by atoms with Crippen molar-refractivity contribution < 1.29 is 4.79 Å². The van der Waals surface area contributed by atoms with Crippen molar-refractivity contribution in [1.82, 2.24) is 0 Å². The minimum absolute atomic E-state index is 0.230. The number of carbonyl (C=O) groups is 1. The van der Waals surface area contributed by atoms with Gasteiger partial charge in [-0.15, -0.1) is 0 Å². The van der Waals surface area contributed by atoms with Gasteiger partial charge >= 0.3 is 0 Å². The molecule has 0 aliphatic rings. The van der Waals surface area contributed by atoms with Gasteiger partial charge in [-0.2, -0.15) is 0 Å². The maximum atomic E-state index is 11.9. The first-order valence-electron chi connectivity index (χ1n) is 6.54. The van der Waals surface area contributed by atoms with Crippen molar-refractivity contribution in [3.8, 4) is 0 Å². The highest BCUT2D eigenvalue weighted by Gasteiger charge is 2.09. The van der Waals surface area contributed by atoms with Gasteiger partial charge in [0.25, 0.3) is 0 Å². The zero-order valence-corrected chi connectivity index (χ0v) is 12.3. The minimum Gasteiger partial charge on any atom is -0.294 e. The summed E-state index contributed by atoms with van der Waals surface area (Å²) in [6.45, 7) is 0. The number of hydrogen-bond donors (Lipinski definition) is 0. The molecular weight excluding hydrogens is 300 g/mol. The quantitative estimate of drug-likeness (QED) is 0.530. The number of benzene rings is 2. The maximum absolute atomic E-state index is 11.9. The Morgan fingerprint density at radius 2 is 1.53 bits per heavy atom. The Kier molecular flexibility index (Phi) is 5.34. The number of alkyl halides is 1. The van der Waals surface area contributed by atoms with Gasteiger partial charge in [0, 0.05) is 16.8 Å². The lowest BCUT2D eigenvalue weighted by Gasteiger charge is -2.09. The third-order valence-corrected chi connectivity index (χ3v) is 4.10. The zero-order chi connectivity index (χ0) is 13.5. The molecule has 0 radical (unpaired) electrons. The second kappa shape index (κ2) is 7.25. The Hall–Kier alpha value is -1.41. The summed E-state index contributed by atoms with van der Waals surface area (Å²) in [5, 5.41) is 0. The molecule has 2 aromatic rings. The van der Waals surface area contributed by atoms with Crippen LogP contribution in [0.1, 0.15) is 40.0 Å². The molecule has 0 saturated carbocycles. The maximum Gasteiger partial charge on any atom is 0.162 e. The van der Waals surface area contributed by atoms with Gasteiger partial charge in [0.15, 0.2) is 5.78 Å². The van der Waals surface area contributed by atoms with Gasteiger partial charge in [-0.05, 0) is 18.4 Å². The average Bonchev–Trinajstić information content (AvgIpc) is 2.49. The molecule has 2 aromatic carbocycles. The Morgan fingerprint density at radius 1 is 0.947 bits per heavy atom. The molecule has 0 aliphatic carbocycles. The predicted octanol–water partition coefficient (Wildman–Crippen LogP) is 5.18. The van der Waals surface area contributed by atoms with E-state index in [1.165, 1.54) is 5.56 Å². The van der Waals surface area contributed by atoms with Crippen molar-refractivity contribution in [2.24, 2.45) is 0 Å². The zero-order valence-electron chi connectivity index (χ0n) is 10.8. The third kappa shape index (κ3) is 4.32. The molecule has 1 nitrogen and oxygen atoms in total. The molecule has 2 rings (SSSR count). The molecule has 0 N–H and O–H groups in total. The second-order valence-electron chi connectivity index (χ2n) is 4.56. The largest absolute Gasteiger partial charge is 0.294 e. The van der Waals surface area contributed by atoms with Gasteiger partial charge in [0.2, 0.25) is 0 Å². The monoisotopic (exact) mass is 316 g/mol. The fourth-order valence-corrected chi connectivity index (χ4v) is 2.67. The van der Waals surface area contributed by atoms with Gasteiger partial charge in [0.05, 0.1) is 0 Å². The highest BCUT2D eigenvalue weighted by Crippen LogP contribution is 2.28. The van der Waals surface area contributed by atoms with Crippen molar-refractivity contribution in [2.45, 2.75) is 24.1 Å². The van der Waals surface area contributed by atoms with Crippen molar-refractivity contribution >= 4 is 21.7 Å². The molecule has 0 amide bonds. The average molecular weight is 317 g/mol. The molecule has 0 saturated heterocycles. The van der Waals surface area contributed by atoms with Crippen LogP contribution < -0.4 is 0 Å². The summed E-state index contributed by atoms with van der Waals surface area (Å²) in [4.78, 5) is 12.3. The van der Waals surface area contributed by atoms with Crippen molar-refractivity contribution in [2.75, 3.05) is 0 Å². The minimum atomic E-state index is 0.230. The van der Waals surface area contributed by atoms with Crippen LogP contribution in [0, 0.1) is 0 Å². The normalized spacial score (nSPS) is 12.1. The summed E-state index contributed by atoms with van der Waals surface area (Å²) >= 11 is 3.68. The smallest absolute Gasteiger partial charge is 0.162 e. The molecule has 1 atom stereocenters. The van der Waals surface area contributed by atoms with E-state index in [9.17, 15) is 4.79 Å². The summed E-state index contributed by atoms with van der Waals surface area (Å²) in [7, 11) is 0.